The second-order valence-corrected chi connectivity index (χ2v) is 7.71. The summed E-state index contributed by atoms with van der Waals surface area (Å²) in [5.41, 5.74) is 5.20. The second-order valence-electron chi connectivity index (χ2n) is 5.44. The van der Waals surface area contributed by atoms with Gasteiger partial charge in [0.1, 0.15) is 0 Å². The standard InChI is InChI=1S/C19H21BrN2O4S/c1-4-26-17-15(20)10-13(11-16(17)25-3)19(24)22-21-18(23)12(2)27-14-8-6-5-7-9-14/h5-12H,4H2,1-3H3,(H,21,23)(H,22,24)/t12-/m0/s1. The van der Waals surface area contributed by atoms with Gasteiger partial charge in [-0.2, -0.15) is 0 Å². The number of carbonyl (C=O) groups excluding carboxylic acids is 2. The van der Waals surface area contributed by atoms with Gasteiger partial charge in [-0.15, -0.1) is 11.8 Å². The van der Waals surface area contributed by atoms with Gasteiger partial charge in [-0.3, -0.25) is 20.4 Å². The molecule has 27 heavy (non-hydrogen) atoms. The second kappa shape index (κ2) is 10.2. The van der Waals surface area contributed by atoms with Crippen molar-refractivity contribution >= 4 is 39.5 Å². The number of nitrogens with one attached hydrogen (secondary N) is 2. The Hall–Kier alpha value is -2.19. The number of hydrogen-bond acceptors (Lipinski definition) is 5. The molecule has 0 unspecified atom stereocenters. The van der Waals surface area contributed by atoms with Crippen molar-refractivity contribution in [3.8, 4) is 11.5 Å². The van der Waals surface area contributed by atoms with Gasteiger partial charge in [0, 0.05) is 10.5 Å². The van der Waals surface area contributed by atoms with E-state index in [0.29, 0.717) is 28.1 Å². The van der Waals surface area contributed by atoms with Crippen LogP contribution in [0, 0.1) is 0 Å². The Balaban J connectivity index is 1.98. The molecule has 144 valence electrons. The van der Waals surface area contributed by atoms with Gasteiger partial charge < -0.3 is 9.47 Å². The van der Waals surface area contributed by atoms with Crippen LogP contribution in [-0.4, -0.2) is 30.8 Å². The lowest BCUT2D eigenvalue weighted by atomic mass is 10.2. The van der Waals surface area contributed by atoms with Crippen LogP contribution >= 0.6 is 27.7 Å². The maximum Gasteiger partial charge on any atom is 0.269 e. The topological polar surface area (TPSA) is 76.7 Å². The Morgan fingerprint density at radius 2 is 1.89 bits per heavy atom. The Labute approximate surface area is 171 Å². The molecule has 0 aliphatic rings. The van der Waals surface area contributed by atoms with Crippen molar-refractivity contribution in [2.24, 2.45) is 0 Å². The van der Waals surface area contributed by atoms with Crippen LogP contribution in [0.3, 0.4) is 0 Å². The zero-order valence-electron chi connectivity index (χ0n) is 15.2. The molecule has 6 nitrogen and oxygen atoms in total. The first-order valence-corrected chi connectivity index (χ1v) is 9.95. The minimum absolute atomic E-state index is 0.297. The van der Waals surface area contributed by atoms with Crippen LogP contribution in [0.15, 0.2) is 51.8 Å². The molecule has 0 aliphatic carbocycles. The highest BCUT2D eigenvalue weighted by Gasteiger charge is 2.18. The van der Waals surface area contributed by atoms with Crippen molar-refractivity contribution < 1.29 is 19.1 Å². The lowest BCUT2D eigenvalue weighted by molar-refractivity contribution is -0.121. The molecule has 0 heterocycles. The lowest BCUT2D eigenvalue weighted by Crippen LogP contribution is -2.44. The summed E-state index contributed by atoms with van der Waals surface area (Å²) in [4.78, 5) is 25.6. The first-order valence-electron chi connectivity index (χ1n) is 8.28. The van der Waals surface area contributed by atoms with Crippen molar-refractivity contribution in [2.75, 3.05) is 13.7 Å². The number of amides is 2. The van der Waals surface area contributed by atoms with E-state index in [0.717, 1.165) is 4.90 Å². The molecule has 2 rings (SSSR count). The maximum absolute atomic E-state index is 12.4. The number of carbonyl (C=O) groups is 2. The molecule has 0 saturated carbocycles. The first kappa shape index (κ1) is 21.1. The van der Waals surface area contributed by atoms with E-state index in [-0.39, 0.29) is 11.2 Å². The van der Waals surface area contributed by atoms with E-state index in [1.54, 1.807) is 19.1 Å². The molecule has 0 aliphatic heterocycles. The van der Waals surface area contributed by atoms with E-state index >= 15 is 0 Å². The molecule has 2 aromatic carbocycles. The van der Waals surface area contributed by atoms with Crippen LogP contribution in [0.2, 0.25) is 0 Å². The average Bonchev–Trinajstić information content (AvgIpc) is 2.67. The molecule has 2 aromatic rings. The average molecular weight is 453 g/mol. The maximum atomic E-state index is 12.4. The summed E-state index contributed by atoms with van der Waals surface area (Å²) in [5.74, 6) is 0.195. The van der Waals surface area contributed by atoms with Crippen LogP contribution in [0.25, 0.3) is 0 Å². The largest absolute Gasteiger partial charge is 0.493 e. The Bertz CT molecular complexity index is 802. The third-order valence-corrected chi connectivity index (χ3v) is 5.21. The molecular formula is C19H21BrN2O4S. The van der Waals surface area contributed by atoms with Gasteiger partial charge in [0.05, 0.1) is 23.4 Å². The summed E-state index contributed by atoms with van der Waals surface area (Å²) in [6.45, 7) is 4.10. The monoisotopic (exact) mass is 452 g/mol. The lowest BCUT2D eigenvalue weighted by Gasteiger charge is -2.15. The number of ether oxygens (including phenoxy) is 2. The van der Waals surface area contributed by atoms with E-state index in [2.05, 4.69) is 26.8 Å². The SMILES string of the molecule is CCOc1c(Br)cc(C(=O)NNC(=O)[C@H](C)Sc2ccccc2)cc1OC. The smallest absolute Gasteiger partial charge is 0.269 e. The zero-order valence-corrected chi connectivity index (χ0v) is 17.6. The number of halogens is 1. The Morgan fingerprint density at radius 3 is 2.52 bits per heavy atom. The molecule has 1 atom stereocenters. The quantitative estimate of drug-likeness (QED) is 0.493. The van der Waals surface area contributed by atoms with Gasteiger partial charge in [0.25, 0.3) is 11.8 Å². The van der Waals surface area contributed by atoms with E-state index in [1.165, 1.54) is 18.9 Å². The number of rotatable bonds is 7. The van der Waals surface area contributed by atoms with E-state index in [1.807, 2.05) is 37.3 Å². The molecule has 0 bridgehead atoms. The summed E-state index contributed by atoms with van der Waals surface area (Å²) in [6.07, 6.45) is 0. The number of hydrogen-bond donors (Lipinski definition) is 2. The highest BCUT2D eigenvalue weighted by atomic mass is 79.9. The summed E-state index contributed by atoms with van der Waals surface area (Å²) in [5, 5.41) is -0.366. The minimum Gasteiger partial charge on any atom is -0.493 e. The van der Waals surface area contributed by atoms with Crippen LogP contribution in [0.4, 0.5) is 0 Å². The van der Waals surface area contributed by atoms with Crippen molar-refractivity contribution in [3.63, 3.8) is 0 Å². The number of hydrazine groups is 1. The van der Waals surface area contributed by atoms with Crippen molar-refractivity contribution in [3.05, 3.63) is 52.5 Å². The van der Waals surface area contributed by atoms with Gasteiger partial charge in [-0.25, -0.2) is 0 Å². The van der Waals surface area contributed by atoms with Crippen LogP contribution in [0.5, 0.6) is 11.5 Å². The number of methoxy groups -OCH3 is 1. The molecule has 0 spiro atoms. The molecule has 0 saturated heterocycles. The van der Waals surface area contributed by atoms with Crippen molar-refractivity contribution in [1.82, 2.24) is 10.9 Å². The molecule has 2 N–H and O–H groups in total. The molecule has 8 heteroatoms. The van der Waals surface area contributed by atoms with Crippen LogP contribution in [-0.2, 0) is 4.79 Å². The third kappa shape index (κ3) is 5.90. The highest BCUT2D eigenvalue weighted by Crippen LogP contribution is 2.36. The molecule has 0 fully saturated rings. The Morgan fingerprint density at radius 1 is 1.19 bits per heavy atom. The van der Waals surface area contributed by atoms with Gasteiger partial charge in [-0.1, -0.05) is 18.2 Å². The zero-order chi connectivity index (χ0) is 19.8. The van der Waals surface area contributed by atoms with Gasteiger partial charge in [0.2, 0.25) is 0 Å². The summed E-state index contributed by atoms with van der Waals surface area (Å²) >= 11 is 4.78. The van der Waals surface area contributed by atoms with E-state index in [4.69, 9.17) is 9.47 Å². The molecule has 0 aromatic heterocycles. The van der Waals surface area contributed by atoms with E-state index < -0.39 is 5.91 Å². The first-order chi connectivity index (χ1) is 13.0. The fourth-order valence-corrected chi connectivity index (χ4v) is 3.63. The van der Waals surface area contributed by atoms with Gasteiger partial charge in [-0.05, 0) is 54.0 Å². The highest BCUT2D eigenvalue weighted by molar-refractivity contribution is 9.10. The number of benzene rings is 2. The number of thioether (sulfide) groups is 1. The normalized spacial score (nSPS) is 11.4. The van der Waals surface area contributed by atoms with E-state index in [9.17, 15) is 9.59 Å². The van der Waals surface area contributed by atoms with Crippen LogP contribution < -0.4 is 20.3 Å². The third-order valence-electron chi connectivity index (χ3n) is 3.50. The summed E-state index contributed by atoms with van der Waals surface area (Å²) in [7, 11) is 1.50. The van der Waals surface area contributed by atoms with Crippen molar-refractivity contribution in [1.29, 1.82) is 0 Å². The molecule has 2 amide bonds. The summed E-state index contributed by atoms with van der Waals surface area (Å²) < 4.78 is 11.4. The van der Waals surface area contributed by atoms with Gasteiger partial charge in [0.15, 0.2) is 11.5 Å². The molecule has 0 radical (unpaired) electrons. The van der Waals surface area contributed by atoms with Crippen LogP contribution in [0.1, 0.15) is 24.2 Å². The Kier molecular flexibility index (Phi) is 7.99. The van der Waals surface area contributed by atoms with Crippen molar-refractivity contribution in [2.45, 2.75) is 24.0 Å². The summed E-state index contributed by atoms with van der Waals surface area (Å²) in [6, 6.07) is 12.8. The minimum atomic E-state index is -0.456. The predicted octanol–water partition coefficient (Wildman–Crippen LogP) is 3.80. The fourth-order valence-electron chi connectivity index (χ4n) is 2.18. The van der Waals surface area contributed by atoms with Gasteiger partial charge >= 0.3 is 0 Å². The molecular weight excluding hydrogens is 432 g/mol. The predicted molar refractivity (Wildman–Crippen MR) is 109 cm³/mol. The fraction of sp³-hybridized carbons (Fsp3) is 0.263.